The van der Waals surface area contributed by atoms with E-state index in [4.69, 9.17) is 0 Å². The quantitative estimate of drug-likeness (QED) is 0.852. The lowest BCUT2D eigenvalue weighted by Crippen LogP contribution is -2.12. The lowest BCUT2D eigenvalue weighted by atomic mass is 10.2. The maximum atomic E-state index is 11.0. The second kappa shape index (κ2) is 4.72. The molecular formula is C8H11BrN2OS. The summed E-state index contributed by atoms with van der Waals surface area (Å²) in [7, 11) is 0. The monoisotopic (exact) mass is 262 g/mol. The molecule has 72 valence electrons. The number of hydrogen-bond donors (Lipinski definition) is 1. The van der Waals surface area contributed by atoms with E-state index in [0.29, 0.717) is 16.4 Å². The summed E-state index contributed by atoms with van der Waals surface area (Å²) in [4.78, 5) is 15.2. The number of halogens is 1. The first kappa shape index (κ1) is 10.7. The van der Waals surface area contributed by atoms with Crippen LogP contribution < -0.4 is 5.32 Å². The van der Waals surface area contributed by atoms with Crippen molar-refractivity contribution >= 4 is 38.3 Å². The fourth-order valence-corrected chi connectivity index (χ4v) is 1.79. The number of aromatic nitrogens is 1. The topological polar surface area (TPSA) is 42.0 Å². The summed E-state index contributed by atoms with van der Waals surface area (Å²) in [6, 6.07) is 0. The normalized spacial score (nSPS) is 10.5. The summed E-state index contributed by atoms with van der Waals surface area (Å²) in [5.41, 5.74) is 1.02. The van der Waals surface area contributed by atoms with E-state index in [2.05, 4.69) is 40.1 Å². The minimum atomic E-state index is -0.0651. The van der Waals surface area contributed by atoms with Crippen molar-refractivity contribution in [3.05, 3.63) is 11.1 Å². The Hall–Kier alpha value is -0.420. The van der Waals surface area contributed by atoms with Gasteiger partial charge in [0.2, 0.25) is 5.91 Å². The van der Waals surface area contributed by atoms with Crippen LogP contribution in [-0.4, -0.2) is 16.2 Å². The number of amides is 1. The molecule has 13 heavy (non-hydrogen) atoms. The van der Waals surface area contributed by atoms with Crippen molar-refractivity contribution in [3.63, 3.8) is 0 Å². The second-order valence-corrected chi connectivity index (χ2v) is 4.33. The fourth-order valence-electron chi connectivity index (χ4n) is 0.761. The van der Waals surface area contributed by atoms with E-state index in [9.17, 15) is 4.79 Å². The van der Waals surface area contributed by atoms with Gasteiger partial charge in [0, 0.05) is 5.38 Å². The molecular weight excluding hydrogens is 252 g/mol. The first-order chi connectivity index (χ1) is 6.13. The van der Waals surface area contributed by atoms with Crippen molar-refractivity contribution in [1.82, 2.24) is 4.98 Å². The van der Waals surface area contributed by atoms with Crippen molar-refractivity contribution in [2.24, 2.45) is 0 Å². The predicted octanol–water partition coefficient (Wildman–Crippen LogP) is 2.60. The van der Waals surface area contributed by atoms with Gasteiger partial charge in [-0.15, -0.1) is 11.3 Å². The van der Waals surface area contributed by atoms with E-state index in [0.717, 1.165) is 5.69 Å². The number of nitrogens with zero attached hydrogens (tertiary/aromatic N) is 1. The van der Waals surface area contributed by atoms with Crippen LogP contribution in [0.2, 0.25) is 0 Å². The highest BCUT2D eigenvalue weighted by Gasteiger charge is 2.07. The van der Waals surface area contributed by atoms with E-state index in [1.807, 2.05) is 5.38 Å². The van der Waals surface area contributed by atoms with Crippen LogP contribution in [-0.2, 0) is 4.79 Å². The van der Waals surface area contributed by atoms with Crippen LogP contribution in [0.3, 0.4) is 0 Å². The summed E-state index contributed by atoms with van der Waals surface area (Å²) in [5.74, 6) is 0.343. The van der Waals surface area contributed by atoms with Crippen LogP contribution in [0.25, 0.3) is 0 Å². The Labute approximate surface area is 89.7 Å². The van der Waals surface area contributed by atoms with Crippen LogP contribution in [0.5, 0.6) is 0 Å². The molecule has 0 fully saturated rings. The molecule has 1 amide bonds. The second-order valence-electron chi connectivity index (χ2n) is 2.91. The molecule has 1 rings (SSSR count). The number of anilines is 1. The lowest BCUT2D eigenvalue weighted by Gasteiger charge is -1.98. The number of carbonyl (C=O) groups excluding carboxylic acids is 1. The Bertz CT molecular complexity index is 298. The molecule has 0 aliphatic heterocycles. The lowest BCUT2D eigenvalue weighted by molar-refractivity contribution is -0.113. The van der Waals surface area contributed by atoms with Gasteiger partial charge in [-0.05, 0) is 5.92 Å². The number of alkyl halides is 1. The molecule has 0 atom stereocenters. The van der Waals surface area contributed by atoms with Gasteiger partial charge in [-0.2, -0.15) is 0 Å². The van der Waals surface area contributed by atoms with Crippen molar-refractivity contribution in [3.8, 4) is 0 Å². The third kappa shape index (κ3) is 3.08. The third-order valence-electron chi connectivity index (χ3n) is 1.48. The average molecular weight is 263 g/mol. The molecule has 3 nitrogen and oxygen atoms in total. The number of carbonyl (C=O) groups is 1. The third-order valence-corrected chi connectivity index (χ3v) is 2.77. The zero-order chi connectivity index (χ0) is 9.84. The van der Waals surface area contributed by atoms with Gasteiger partial charge >= 0.3 is 0 Å². The Balaban J connectivity index is 2.64. The number of hydrogen-bond acceptors (Lipinski definition) is 3. The Morgan fingerprint density at radius 2 is 2.46 bits per heavy atom. The van der Waals surface area contributed by atoms with Crippen molar-refractivity contribution in [2.45, 2.75) is 19.8 Å². The van der Waals surface area contributed by atoms with Gasteiger partial charge in [0.25, 0.3) is 0 Å². The SMILES string of the molecule is CC(C)c1csc(NC(=O)CBr)n1. The molecule has 5 heteroatoms. The molecule has 1 heterocycles. The van der Waals surface area contributed by atoms with Crippen LogP contribution in [0.4, 0.5) is 5.13 Å². The van der Waals surface area contributed by atoms with Gasteiger partial charge in [0.05, 0.1) is 11.0 Å². The van der Waals surface area contributed by atoms with Gasteiger partial charge in [0.1, 0.15) is 0 Å². The van der Waals surface area contributed by atoms with E-state index >= 15 is 0 Å². The Morgan fingerprint density at radius 3 is 2.92 bits per heavy atom. The zero-order valence-corrected chi connectivity index (χ0v) is 9.91. The fraction of sp³-hybridized carbons (Fsp3) is 0.500. The molecule has 1 aromatic rings. The summed E-state index contributed by atoms with van der Waals surface area (Å²) < 4.78 is 0. The van der Waals surface area contributed by atoms with Gasteiger partial charge in [0.15, 0.2) is 5.13 Å². The zero-order valence-electron chi connectivity index (χ0n) is 7.50. The van der Waals surface area contributed by atoms with Gasteiger partial charge < -0.3 is 5.32 Å². The van der Waals surface area contributed by atoms with E-state index in [1.165, 1.54) is 11.3 Å². The first-order valence-electron chi connectivity index (χ1n) is 3.94. The number of rotatable bonds is 3. The highest BCUT2D eigenvalue weighted by atomic mass is 79.9. The van der Waals surface area contributed by atoms with Crippen LogP contribution in [0, 0.1) is 0 Å². The maximum Gasteiger partial charge on any atom is 0.236 e. The van der Waals surface area contributed by atoms with Crippen LogP contribution in [0.15, 0.2) is 5.38 Å². The largest absolute Gasteiger partial charge is 0.301 e. The summed E-state index contributed by atoms with van der Waals surface area (Å²) in [5, 5.41) is 5.64. The van der Waals surface area contributed by atoms with Crippen LogP contribution >= 0.6 is 27.3 Å². The minimum Gasteiger partial charge on any atom is -0.301 e. The first-order valence-corrected chi connectivity index (χ1v) is 5.95. The van der Waals surface area contributed by atoms with Crippen molar-refractivity contribution in [2.75, 3.05) is 10.6 Å². The average Bonchev–Trinajstić information content (AvgIpc) is 2.52. The molecule has 1 N–H and O–H groups in total. The molecule has 0 aliphatic carbocycles. The number of nitrogens with one attached hydrogen (secondary N) is 1. The highest BCUT2D eigenvalue weighted by Crippen LogP contribution is 2.21. The molecule has 0 saturated carbocycles. The summed E-state index contributed by atoms with van der Waals surface area (Å²) in [6.07, 6.45) is 0. The smallest absolute Gasteiger partial charge is 0.236 e. The summed E-state index contributed by atoms with van der Waals surface area (Å²) in [6.45, 7) is 4.15. The van der Waals surface area contributed by atoms with Crippen molar-refractivity contribution in [1.29, 1.82) is 0 Å². The van der Waals surface area contributed by atoms with E-state index in [1.54, 1.807) is 0 Å². The predicted molar refractivity (Wildman–Crippen MR) is 58.6 cm³/mol. The molecule has 1 aromatic heterocycles. The minimum absolute atomic E-state index is 0.0651. The Morgan fingerprint density at radius 1 is 1.77 bits per heavy atom. The molecule has 0 aliphatic rings. The van der Waals surface area contributed by atoms with E-state index < -0.39 is 0 Å². The highest BCUT2D eigenvalue weighted by molar-refractivity contribution is 9.09. The van der Waals surface area contributed by atoms with Crippen molar-refractivity contribution < 1.29 is 4.79 Å². The summed E-state index contributed by atoms with van der Waals surface area (Å²) >= 11 is 4.53. The van der Waals surface area contributed by atoms with Gasteiger partial charge in [-0.1, -0.05) is 29.8 Å². The molecule has 0 bridgehead atoms. The molecule has 0 radical (unpaired) electrons. The standard InChI is InChI=1S/C8H11BrN2OS/c1-5(2)6-4-13-8(10-6)11-7(12)3-9/h4-5H,3H2,1-2H3,(H,10,11,12). The molecule has 0 spiro atoms. The maximum absolute atomic E-state index is 11.0. The van der Waals surface area contributed by atoms with Crippen LogP contribution in [0.1, 0.15) is 25.5 Å². The Kier molecular flexibility index (Phi) is 3.87. The molecule has 0 aromatic carbocycles. The molecule has 0 unspecified atom stereocenters. The number of thiazole rings is 1. The molecule has 0 saturated heterocycles. The van der Waals surface area contributed by atoms with E-state index in [-0.39, 0.29) is 5.91 Å². The van der Waals surface area contributed by atoms with Gasteiger partial charge in [-0.25, -0.2) is 4.98 Å². The van der Waals surface area contributed by atoms with Gasteiger partial charge in [-0.3, -0.25) is 4.79 Å².